The molecule has 2 nitrogen and oxygen atoms in total. The van der Waals surface area contributed by atoms with Crippen molar-refractivity contribution in [3.05, 3.63) is 35.9 Å². The van der Waals surface area contributed by atoms with Gasteiger partial charge in [-0.3, -0.25) is 0 Å². The van der Waals surface area contributed by atoms with Crippen LogP contribution in [0.15, 0.2) is 24.8 Å². The van der Waals surface area contributed by atoms with Crippen LogP contribution in [0, 0.1) is 0 Å². The maximum atomic E-state index is 5.58. The van der Waals surface area contributed by atoms with Crippen molar-refractivity contribution >= 4 is 5.70 Å². The highest BCUT2D eigenvalue weighted by atomic mass is 16.5. The van der Waals surface area contributed by atoms with Crippen LogP contribution in [0.25, 0.3) is 5.70 Å². The Labute approximate surface area is 79.0 Å². The van der Waals surface area contributed by atoms with Crippen molar-refractivity contribution in [3.63, 3.8) is 0 Å². The number of methoxy groups -OCH3 is 1. The third-order valence-electron chi connectivity index (χ3n) is 2.04. The molecule has 0 bridgehead atoms. The molecular weight excluding hydrogens is 162 g/mol. The first-order valence-corrected chi connectivity index (χ1v) is 4.30. The standard InChI is InChI=1S/C11H15NO/c1-4-9-5-6-10(8(2)12)7-11(9)13-3/h5-7H,2,4,12H2,1,3H3. The predicted molar refractivity (Wildman–Crippen MR) is 55.6 cm³/mol. The lowest BCUT2D eigenvalue weighted by Crippen LogP contribution is -1.97. The Hall–Kier alpha value is -1.44. The summed E-state index contributed by atoms with van der Waals surface area (Å²) in [5, 5.41) is 0. The van der Waals surface area contributed by atoms with E-state index in [0.29, 0.717) is 5.70 Å². The maximum absolute atomic E-state index is 5.58. The normalized spacial score (nSPS) is 9.69. The van der Waals surface area contributed by atoms with Crippen molar-refractivity contribution in [2.24, 2.45) is 5.73 Å². The molecule has 0 amide bonds. The molecule has 0 unspecified atom stereocenters. The minimum atomic E-state index is 0.570. The molecule has 0 saturated carbocycles. The van der Waals surface area contributed by atoms with Gasteiger partial charge in [-0.05, 0) is 18.1 Å². The van der Waals surface area contributed by atoms with Gasteiger partial charge in [0.15, 0.2) is 0 Å². The molecule has 0 heterocycles. The first kappa shape index (κ1) is 9.65. The molecule has 0 spiro atoms. The summed E-state index contributed by atoms with van der Waals surface area (Å²) >= 11 is 0. The number of aryl methyl sites for hydroxylation is 1. The molecular formula is C11H15NO. The lowest BCUT2D eigenvalue weighted by molar-refractivity contribution is 0.410. The van der Waals surface area contributed by atoms with Gasteiger partial charge in [0.1, 0.15) is 5.75 Å². The van der Waals surface area contributed by atoms with E-state index in [-0.39, 0.29) is 0 Å². The molecule has 2 heteroatoms. The van der Waals surface area contributed by atoms with E-state index >= 15 is 0 Å². The summed E-state index contributed by atoms with van der Waals surface area (Å²) in [7, 11) is 1.66. The fourth-order valence-corrected chi connectivity index (χ4v) is 1.24. The molecule has 0 radical (unpaired) electrons. The monoisotopic (exact) mass is 177 g/mol. The van der Waals surface area contributed by atoms with Crippen LogP contribution >= 0.6 is 0 Å². The van der Waals surface area contributed by atoms with E-state index in [1.54, 1.807) is 7.11 Å². The van der Waals surface area contributed by atoms with Gasteiger partial charge in [-0.25, -0.2) is 0 Å². The first-order valence-electron chi connectivity index (χ1n) is 4.30. The molecule has 70 valence electrons. The summed E-state index contributed by atoms with van der Waals surface area (Å²) < 4.78 is 5.23. The zero-order valence-corrected chi connectivity index (χ0v) is 8.13. The topological polar surface area (TPSA) is 35.2 Å². The number of ether oxygens (including phenoxy) is 1. The molecule has 0 atom stereocenters. The number of benzene rings is 1. The van der Waals surface area contributed by atoms with E-state index in [9.17, 15) is 0 Å². The number of rotatable bonds is 3. The van der Waals surface area contributed by atoms with Gasteiger partial charge in [-0.1, -0.05) is 25.6 Å². The molecule has 0 fully saturated rings. The molecule has 1 rings (SSSR count). The number of hydrogen-bond donors (Lipinski definition) is 1. The zero-order valence-electron chi connectivity index (χ0n) is 8.13. The van der Waals surface area contributed by atoms with E-state index in [1.807, 2.05) is 18.2 Å². The van der Waals surface area contributed by atoms with Crippen molar-refractivity contribution in [1.29, 1.82) is 0 Å². The molecule has 0 aliphatic rings. The average molecular weight is 177 g/mol. The van der Waals surface area contributed by atoms with Gasteiger partial charge >= 0.3 is 0 Å². The van der Waals surface area contributed by atoms with E-state index in [4.69, 9.17) is 10.5 Å². The zero-order chi connectivity index (χ0) is 9.84. The Morgan fingerprint density at radius 2 is 2.23 bits per heavy atom. The van der Waals surface area contributed by atoms with Crippen molar-refractivity contribution in [3.8, 4) is 5.75 Å². The Kier molecular flexibility index (Phi) is 2.96. The predicted octanol–water partition coefficient (Wildman–Crippen LogP) is 2.19. The lowest BCUT2D eigenvalue weighted by atomic mass is 10.1. The van der Waals surface area contributed by atoms with Gasteiger partial charge in [0.05, 0.1) is 7.11 Å². The van der Waals surface area contributed by atoms with Gasteiger partial charge in [0, 0.05) is 11.3 Å². The van der Waals surface area contributed by atoms with Crippen LogP contribution in [0.2, 0.25) is 0 Å². The van der Waals surface area contributed by atoms with Crippen LogP contribution in [-0.2, 0) is 6.42 Å². The van der Waals surface area contributed by atoms with Crippen molar-refractivity contribution in [2.45, 2.75) is 13.3 Å². The summed E-state index contributed by atoms with van der Waals surface area (Å²) in [5.74, 6) is 0.881. The van der Waals surface area contributed by atoms with E-state index in [0.717, 1.165) is 17.7 Å². The number of nitrogens with two attached hydrogens (primary N) is 1. The maximum Gasteiger partial charge on any atom is 0.122 e. The molecule has 1 aromatic rings. The van der Waals surface area contributed by atoms with Crippen LogP contribution in [0.1, 0.15) is 18.1 Å². The van der Waals surface area contributed by atoms with E-state index < -0.39 is 0 Å². The molecule has 0 saturated heterocycles. The van der Waals surface area contributed by atoms with Crippen LogP contribution in [0.3, 0.4) is 0 Å². The van der Waals surface area contributed by atoms with Crippen molar-refractivity contribution < 1.29 is 4.74 Å². The summed E-state index contributed by atoms with van der Waals surface area (Å²) in [6.07, 6.45) is 0.959. The van der Waals surface area contributed by atoms with Gasteiger partial charge in [-0.15, -0.1) is 0 Å². The van der Waals surface area contributed by atoms with Crippen LogP contribution < -0.4 is 10.5 Å². The summed E-state index contributed by atoms with van der Waals surface area (Å²) in [5.41, 5.74) is 8.26. The van der Waals surface area contributed by atoms with E-state index in [2.05, 4.69) is 13.5 Å². The molecule has 2 N–H and O–H groups in total. The Morgan fingerprint density at radius 1 is 1.54 bits per heavy atom. The number of hydrogen-bond acceptors (Lipinski definition) is 2. The van der Waals surface area contributed by atoms with Gasteiger partial charge in [-0.2, -0.15) is 0 Å². The summed E-state index contributed by atoms with van der Waals surface area (Å²) in [6.45, 7) is 5.77. The molecule has 0 aliphatic carbocycles. The van der Waals surface area contributed by atoms with Crippen molar-refractivity contribution in [2.75, 3.05) is 7.11 Å². The second-order valence-electron chi connectivity index (χ2n) is 2.91. The smallest absolute Gasteiger partial charge is 0.122 e. The van der Waals surface area contributed by atoms with E-state index in [1.165, 1.54) is 5.56 Å². The quantitative estimate of drug-likeness (QED) is 0.768. The Morgan fingerprint density at radius 3 is 2.69 bits per heavy atom. The highest BCUT2D eigenvalue weighted by Crippen LogP contribution is 2.22. The molecule has 0 aromatic heterocycles. The third kappa shape index (κ3) is 2.02. The Bertz CT molecular complexity index is 318. The van der Waals surface area contributed by atoms with Gasteiger partial charge in [0.2, 0.25) is 0 Å². The first-order chi connectivity index (χ1) is 6.19. The lowest BCUT2D eigenvalue weighted by Gasteiger charge is -2.08. The highest BCUT2D eigenvalue weighted by Gasteiger charge is 2.02. The summed E-state index contributed by atoms with van der Waals surface area (Å²) in [4.78, 5) is 0. The minimum Gasteiger partial charge on any atom is -0.496 e. The average Bonchev–Trinajstić information content (AvgIpc) is 2.16. The third-order valence-corrected chi connectivity index (χ3v) is 2.04. The van der Waals surface area contributed by atoms with Gasteiger partial charge in [0.25, 0.3) is 0 Å². The minimum absolute atomic E-state index is 0.570. The largest absolute Gasteiger partial charge is 0.496 e. The van der Waals surface area contributed by atoms with Crippen LogP contribution in [-0.4, -0.2) is 7.11 Å². The second kappa shape index (κ2) is 3.99. The highest BCUT2D eigenvalue weighted by molar-refractivity contribution is 5.62. The molecule has 1 aromatic carbocycles. The fourth-order valence-electron chi connectivity index (χ4n) is 1.24. The molecule has 13 heavy (non-hydrogen) atoms. The van der Waals surface area contributed by atoms with Gasteiger partial charge < -0.3 is 10.5 Å². The summed E-state index contributed by atoms with van der Waals surface area (Å²) in [6, 6.07) is 5.90. The SMILES string of the molecule is C=C(N)c1ccc(CC)c(OC)c1. The second-order valence-corrected chi connectivity index (χ2v) is 2.91. The molecule has 0 aliphatic heterocycles. The Balaban J connectivity index is 3.13. The van der Waals surface area contributed by atoms with Crippen LogP contribution in [0.5, 0.6) is 5.75 Å². The van der Waals surface area contributed by atoms with Crippen molar-refractivity contribution in [1.82, 2.24) is 0 Å². The fraction of sp³-hybridized carbons (Fsp3) is 0.273. The van der Waals surface area contributed by atoms with Crippen LogP contribution in [0.4, 0.5) is 0 Å².